The number of phenols is 1. The number of aromatic nitrogens is 2. The molecule has 0 aliphatic rings. The highest BCUT2D eigenvalue weighted by Crippen LogP contribution is 2.22. The highest BCUT2D eigenvalue weighted by molar-refractivity contribution is 5.92. The molecule has 2 aromatic carbocycles. The molecule has 134 valence electrons. The fraction of sp³-hybridized carbons (Fsp3) is 0.211. The first kappa shape index (κ1) is 17.5. The molecule has 0 aliphatic heterocycles. The quantitative estimate of drug-likeness (QED) is 0.677. The van der Waals surface area contributed by atoms with Crippen molar-refractivity contribution in [2.75, 3.05) is 6.61 Å². The average Bonchev–Trinajstić information content (AvgIpc) is 3.10. The lowest BCUT2D eigenvalue weighted by molar-refractivity contribution is 0.0435. The zero-order valence-electron chi connectivity index (χ0n) is 14.4. The van der Waals surface area contributed by atoms with Crippen LogP contribution >= 0.6 is 0 Å². The van der Waals surface area contributed by atoms with E-state index in [9.17, 15) is 9.90 Å². The number of carbonyl (C=O) groups is 1. The molecule has 0 radical (unpaired) electrons. The number of rotatable bonds is 6. The van der Waals surface area contributed by atoms with Crippen LogP contribution in [0.4, 0.5) is 0 Å². The summed E-state index contributed by atoms with van der Waals surface area (Å²) in [7, 11) is 0. The van der Waals surface area contributed by atoms with Crippen molar-refractivity contribution >= 4 is 5.97 Å². The fourth-order valence-electron chi connectivity index (χ4n) is 2.31. The van der Waals surface area contributed by atoms with E-state index in [0.29, 0.717) is 12.5 Å². The summed E-state index contributed by atoms with van der Waals surface area (Å²) in [5.74, 6) is 0.438. The van der Waals surface area contributed by atoms with Crippen molar-refractivity contribution < 1.29 is 23.8 Å². The first-order valence-electron chi connectivity index (χ1n) is 8.09. The van der Waals surface area contributed by atoms with E-state index in [1.807, 2.05) is 26.0 Å². The Morgan fingerprint density at radius 2 is 1.92 bits per heavy atom. The number of hydrogen-bond acceptors (Lipinski definition) is 7. The van der Waals surface area contributed by atoms with Crippen LogP contribution in [0.3, 0.4) is 0 Å². The minimum absolute atomic E-state index is 0.0850. The van der Waals surface area contributed by atoms with Gasteiger partial charge in [-0.3, -0.25) is 0 Å². The molecule has 0 saturated carbocycles. The second-order valence-electron chi connectivity index (χ2n) is 5.56. The van der Waals surface area contributed by atoms with Crippen molar-refractivity contribution in [3.8, 4) is 23.0 Å². The first-order valence-corrected chi connectivity index (χ1v) is 8.09. The summed E-state index contributed by atoms with van der Waals surface area (Å²) in [4.78, 5) is 12.0. The minimum Gasteiger partial charge on any atom is -0.507 e. The zero-order valence-corrected chi connectivity index (χ0v) is 14.4. The van der Waals surface area contributed by atoms with E-state index in [2.05, 4.69) is 10.2 Å². The molecule has 7 heteroatoms. The SMILES string of the molecule is CCOc1ccc(-c2nnc(COC(=O)c3ccc(C)cc3O)o2)cc1. The molecule has 0 unspecified atom stereocenters. The molecule has 7 nitrogen and oxygen atoms in total. The number of benzene rings is 2. The lowest BCUT2D eigenvalue weighted by atomic mass is 10.1. The van der Waals surface area contributed by atoms with Gasteiger partial charge in [0.2, 0.25) is 5.89 Å². The third-order valence-electron chi connectivity index (χ3n) is 3.58. The number of ether oxygens (including phenoxy) is 2. The Labute approximate surface area is 150 Å². The van der Waals surface area contributed by atoms with Gasteiger partial charge in [0.05, 0.1) is 6.61 Å². The molecule has 3 rings (SSSR count). The Balaban J connectivity index is 1.64. The molecule has 3 aromatic rings. The zero-order chi connectivity index (χ0) is 18.5. The lowest BCUT2D eigenvalue weighted by Crippen LogP contribution is -2.05. The van der Waals surface area contributed by atoms with Gasteiger partial charge in [-0.25, -0.2) is 4.79 Å². The molecule has 0 aliphatic carbocycles. The van der Waals surface area contributed by atoms with E-state index in [-0.39, 0.29) is 23.8 Å². The van der Waals surface area contributed by atoms with Crippen LogP contribution in [0.25, 0.3) is 11.5 Å². The molecule has 0 fully saturated rings. The topological polar surface area (TPSA) is 94.7 Å². The van der Waals surface area contributed by atoms with Crippen molar-refractivity contribution in [3.05, 3.63) is 59.5 Å². The van der Waals surface area contributed by atoms with Gasteiger partial charge in [-0.15, -0.1) is 10.2 Å². The molecule has 0 atom stereocenters. The second kappa shape index (κ2) is 7.69. The summed E-state index contributed by atoms with van der Waals surface area (Å²) in [6.07, 6.45) is 0. The summed E-state index contributed by atoms with van der Waals surface area (Å²) < 4.78 is 16.0. The van der Waals surface area contributed by atoms with Gasteiger partial charge in [-0.2, -0.15) is 0 Å². The molecule has 0 saturated heterocycles. The number of hydrogen-bond donors (Lipinski definition) is 1. The summed E-state index contributed by atoms with van der Waals surface area (Å²) in [5.41, 5.74) is 1.66. The van der Waals surface area contributed by atoms with Crippen LogP contribution in [0.1, 0.15) is 28.7 Å². The summed E-state index contributed by atoms with van der Waals surface area (Å²) in [5, 5.41) is 17.6. The maximum Gasteiger partial charge on any atom is 0.342 e. The maximum atomic E-state index is 12.0. The first-order chi connectivity index (χ1) is 12.6. The van der Waals surface area contributed by atoms with E-state index in [1.54, 1.807) is 18.2 Å². The normalized spacial score (nSPS) is 10.5. The van der Waals surface area contributed by atoms with E-state index in [4.69, 9.17) is 13.9 Å². The fourth-order valence-corrected chi connectivity index (χ4v) is 2.31. The van der Waals surface area contributed by atoms with Crippen LogP contribution in [-0.4, -0.2) is 27.9 Å². The van der Waals surface area contributed by atoms with Crippen molar-refractivity contribution in [1.82, 2.24) is 10.2 Å². The second-order valence-corrected chi connectivity index (χ2v) is 5.56. The monoisotopic (exact) mass is 354 g/mol. The van der Waals surface area contributed by atoms with E-state index >= 15 is 0 Å². The van der Waals surface area contributed by atoms with Crippen molar-refractivity contribution in [3.63, 3.8) is 0 Å². The van der Waals surface area contributed by atoms with Gasteiger partial charge in [0.1, 0.15) is 17.1 Å². The van der Waals surface area contributed by atoms with Gasteiger partial charge in [-0.05, 0) is 55.8 Å². The minimum atomic E-state index is -0.664. The van der Waals surface area contributed by atoms with Crippen molar-refractivity contribution in [2.45, 2.75) is 20.5 Å². The number of esters is 1. The molecule has 0 bridgehead atoms. The summed E-state index contributed by atoms with van der Waals surface area (Å²) in [6, 6.07) is 11.9. The van der Waals surface area contributed by atoms with Gasteiger partial charge in [0.25, 0.3) is 5.89 Å². The third kappa shape index (κ3) is 4.00. The molecule has 1 heterocycles. The highest BCUT2D eigenvalue weighted by Gasteiger charge is 2.15. The van der Waals surface area contributed by atoms with E-state index in [0.717, 1.165) is 16.9 Å². The Kier molecular flexibility index (Phi) is 5.17. The van der Waals surface area contributed by atoms with Gasteiger partial charge in [0.15, 0.2) is 6.61 Å². The third-order valence-corrected chi connectivity index (χ3v) is 3.58. The molecular weight excluding hydrogens is 336 g/mol. The Morgan fingerprint density at radius 1 is 1.15 bits per heavy atom. The van der Waals surface area contributed by atoms with Crippen LogP contribution in [0.15, 0.2) is 46.9 Å². The number of nitrogens with zero attached hydrogens (tertiary/aromatic N) is 2. The van der Waals surface area contributed by atoms with Crippen LogP contribution in [0.5, 0.6) is 11.5 Å². The predicted octanol–water partition coefficient (Wildman–Crippen LogP) is 3.51. The van der Waals surface area contributed by atoms with Crippen molar-refractivity contribution in [2.24, 2.45) is 0 Å². The molecular formula is C19H18N2O5. The Bertz CT molecular complexity index is 903. The Hall–Kier alpha value is -3.35. The van der Waals surface area contributed by atoms with Crippen LogP contribution in [0, 0.1) is 6.92 Å². The van der Waals surface area contributed by atoms with Crippen LogP contribution in [0.2, 0.25) is 0 Å². The average molecular weight is 354 g/mol. The van der Waals surface area contributed by atoms with Gasteiger partial charge >= 0.3 is 5.97 Å². The number of aryl methyl sites for hydroxylation is 1. The molecule has 26 heavy (non-hydrogen) atoms. The van der Waals surface area contributed by atoms with Gasteiger partial charge in [0, 0.05) is 5.56 Å². The molecule has 1 N–H and O–H groups in total. The van der Waals surface area contributed by atoms with E-state index in [1.165, 1.54) is 12.1 Å². The van der Waals surface area contributed by atoms with E-state index < -0.39 is 5.97 Å². The molecule has 0 spiro atoms. The number of aromatic hydroxyl groups is 1. The largest absolute Gasteiger partial charge is 0.507 e. The highest BCUT2D eigenvalue weighted by atomic mass is 16.5. The summed E-state index contributed by atoms with van der Waals surface area (Å²) >= 11 is 0. The van der Waals surface area contributed by atoms with Gasteiger partial charge < -0.3 is 19.0 Å². The van der Waals surface area contributed by atoms with Gasteiger partial charge in [-0.1, -0.05) is 6.07 Å². The molecule has 0 amide bonds. The van der Waals surface area contributed by atoms with Crippen LogP contribution in [-0.2, 0) is 11.3 Å². The summed E-state index contributed by atoms with van der Waals surface area (Å²) in [6.45, 7) is 4.13. The maximum absolute atomic E-state index is 12.0. The Morgan fingerprint density at radius 3 is 2.62 bits per heavy atom. The van der Waals surface area contributed by atoms with Crippen LogP contribution < -0.4 is 4.74 Å². The lowest BCUT2D eigenvalue weighted by Gasteiger charge is -2.05. The molecule has 1 aromatic heterocycles. The standard InChI is InChI=1S/C19H18N2O5/c1-3-24-14-7-5-13(6-8-14)18-21-20-17(26-18)11-25-19(23)15-9-4-12(2)10-16(15)22/h4-10,22H,3,11H2,1-2H3. The van der Waals surface area contributed by atoms with Crippen molar-refractivity contribution in [1.29, 1.82) is 0 Å². The number of carbonyl (C=O) groups excluding carboxylic acids is 1. The number of phenolic OH excluding ortho intramolecular Hbond substituents is 1. The predicted molar refractivity (Wildman–Crippen MR) is 92.9 cm³/mol. The smallest absolute Gasteiger partial charge is 0.342 e.